The number of hydrogen-bond donors (Lipinski definition) is 2. The second-order valence-corrected chi connectivity index (χ2v) is 6.13. The molecule has 3 aromatic rings. The molecule has 1 aromatic heterocycles. The number of carbonyl (C=O) groups excluding carboxylic acids is 1. The van der Waals surface area contributed by atoms with Crippen LogP contribution in [0, 0.1) is 6.92 Å². The highest BCUT2D eigenvalue weighted by atomic mass is 35.5. The molecule has 0 saturated heterocycles. The lowest BCUT2D eigenvalue weighted by Gasteiger charge is -2.10. The summed E-state index contributed by atoms with van der Waals surface area (Å²) in [6.45, 7) is 1.79. The van der Waals surface area contributed by atoms with Crippen LogP contribution in [0.4, 0.5) is 17.3 Å². The molecule has 0 aliphatic carbocycles. The molecule has 0 aliphatic heterocycles. The first-order valence-corrected chi connectivity index (χ1v) is 8.21. The van der Waals surface area contributed by atoms with Gasteiger partial charge < -0.3 is 10.6 Å². The van der Waals surface area contributed by atoms with Gasteiger partial charge in [-0.15, -0.1) is 0 Å². The van der Waals surface area contributed by atoms with Crippen molar-refractivity contribution in [2.24, 2.45) is 0 Å². The Kier molecular flexibility index (Phi) is 5.16. The van der Waals surface area contributed by atoms with Crippen molar-refractivity contribution in [3.63, 3.8) is 0 Å². The second-order valence-electron chi connectivity index (χ2n) is 5.29. The highest BCUT2D eigenvalue weighted by molar-refractivity contribution is 6.36. The summed E-state index contributed by atoms with van der Waals surface area (Å²) in [7, 11) is 0. The first-order chi connectivity index (χ1) is 12.0. The maximum absolute atomic E-state index is 12.4. The van der Waals surface area contributed by atoms with Gasteiger partial charge in [-0.1, -0.05) is 41.4 Å². The van der Waals surface area contributed by atoms with Crippen molar-refractivity contribution in [3.05, 3.63) is 76.0 Å². The Balaban J connectivity index is 1.84. The van der Waals surface area contributed by atoms with Crippen LogP contribution in [0.1, 0.15) is 16.2 Å². The van der Waals surface area contributed by atoms with E-state index in [9.17, 15) is 4.79 Å². The third-order valence-electron chi connectivity index (χ3n) is 3.30. The van der Waals surface area contributed by atoms with Crippen LogP contribution >= 0.6 is 23.2 Å². The largest absolute Gasteiger partial charge is 0.323 e. The number of rotatable bonds is 4. The van der Waals surface area contributed by atoms with Gasteiger partial charge in [0, 0.05) is 16.4 Å². The van der Waals surface area contributed by atoms with E-state index in [1.54, 1.807) is 43.3 Å². The van der Waals surface area contributed by atoms with E-state index in [1.165, 1.54) is 0 Å². The van der Waals surface area contributed by atoms with E-state index in [0.717, 1.165) is 0 Å². The fraction of sp³-hybridized carbons (Fsp3) is 0.0556. The summed E-state index contributed by atoms with van der Waals surface area (Å²) in [5.74, 6) is -0.0376. The van der Waals surface area contributed by atoms with E-state index in [0.29, 0.717) is 27.1 Å². The third-order valence-corrected chi connectivity index (χ3v) is 3.84. The molecule has 5 nitrogen and oxygen atoms in total. The van der Waals surface area contributed by atoms with Crippen LogP contribution in [0.3, 0.4) is 0 Å². The zero-order chi connectivity index (χ0) is 17.8. The minimum atomic E-state index is -0.318. The number of benzene rings is 2. The monoisotopic (exact) mass is 372 g/mol. The molecule has 0 spiro atoms. The van der Waals surface area contributed by atoms with Gasteiger partial charge in [0.1, 0.15) is 5.69 Å². The van der Waals surface area contributed by atoms with Gasteiger partial charge in [-0.2, -0.15) is 0 Å². The van der Waals surface area contributed by atoms with Crippen LogP contribution in [0.15, 0.2) is 54.6 Å². The van der Waals surface area contributed by atoms with Crippen molar-refractivity contribution in [1.29, 1.82) is 0 Å². The van der Waals surface area contributed by atoms with Gasteiger partial charge in [-0.3, -0.25) is 4.79 Å². The minimum absolute atomic E-state index is 0.254. The quantitative estimate of drug-likeness (QED) is 0.669. The maximum Gasteiger partial charge on any atom is 0.274 e. The number of hydrogen-bond acceptors (Lipinski definition) is 4. The molecule has 0 saturated carbocycles. The van der Waals surface area contributed by atoms with Crippen LogP contribution in [0.25, 0.3) is 0 Å². The van der Waals surface area contributed by atoms with E-state index < -0.39 is 0 Å². The molecule has 3 rings (SSSR count). The molecule has 0 atom stereocenters. The van der Waals surface area contributed by atoms with Gasteiger partial charge in [-0.25, -0.2) is 9.97 Å². The summed E-state index contributed by atoms with van der Waals surface area (Å²) < 4.78 is 0. The predicted octanol–water partition coefficient (Wildman–Crippen LogP) is 5.09. The summed E-state index contributed by atoms with van der Waals surface area (Å²) in [6, 6.07) is 15.8. The molecule has 1 amide bonds. The van der Waals surface area contributed by atoms with E-state index in [4.69, 9.17) is 23.2 Å². The molecule has 7 heteroatoms. The van der Waals surface area contributed by atoms with Crippen LogP contribution in [0.2, 0.25) is 10.0 Å². The van der Waals surface area contributed by atoms with E-state index in [1.807, 2.05) is 18.2 Å². The molecular weight excluding hydrogens is 359 g/mol. The first-order valence-electron chi connectivity index (χ1n) is 7.45. The van der Waals surface area contributed by atoms with Crippen molar-refractivity contribution in [2.45, 2.75) is 6.92 Å². The van der Waals surface area contributed by atoms with Crippen molar-refractivity contribution >= 4 is 46.4 Å². The molecular formula is C18H14Cl2N4O. The minimum Gasteiger partial charge on any atom is -0.323 e. The fourth-order valence-corrected chi connectivity index (χ4v) is 2.62. The first kappa shape index (κ1) is 17.2. The number of aryl methyl sites for hydroxylation is 1. The molecule has 25 heavy (non-hydrogen) atoms. The summed E-state index contributed by atoms with van der Waals surface area (Å²) in [5.41, 5.74) is 2.20. The van der Waals surface area contributed by atoms with E-state index in [2.05, 4.69) is 20.6 Å². The molecule has 126 valence electrons. The molecule has 2 N–H and O–H groups in total. The number of halogens is 2. The smallest absolute Gasteiger partial charge is 0.274 e. The lowest BCUT2D eigenvalue weighted by Crippen LogP contribution is -2.15. The Labute approximate surface area is 155 Å². The van der Waals surface area contributed by atoms with Crippen LogP contribution < -0.4 is 10.6 Å². The van der Waals surface area contributed by atoms with E-state index in [-0.39, 0.29) is 17.5 Å². The number of carbonyl (C=O) groups is 1. The van der Waals surface area contributed by atoms with Gasteiger partial charge in [0.05, 0.1) is 10.7 Å². The number of anilines is 3. The number of aromatic nitrogens is 2. The Morgan fingerprint density at radius 1 is 1.00 bits per heavy atom. The van der Waals surface area contributed by atoms with Crippen molar-refractivity contribution in [1.82, 2.24) is 9.97 Å². The number of nitrogens with zero attached hydrogens (tertiary/aromatic N) is 2. The average Bonchev–Trinajstić information content (AvgIpc) is 2.58. The molecule has 0 unspecified atom stereocenters. The van der Waals surface area contributed by atoms with Gasteiger partial charge in [0.25, 0.3) is 5.91 Å². The molecule has 1 heterocycles. The normalized spacial score (nSPS) is 10.4. The predicted molar refractivity (Wildman–Crippen MR) is 101 cm³/mol. The highest BCUT2D eigenvalue weighted by Crippen LogP contribution is 2.27. The number of amides is 1. The lowest BCUT2D eigenvalue weighted by molar-refractivity contribution is 0.102. The highest BCUT2D eigenvalue weighted by Gasteiger charge is 2.12. The molecule has 0 radical (unpaired) electrons. The Morgan fingerprint density at radius 2 is 1.76 bits per heavy atom. The summed E-state index contributed by atoms with van der Waals surface area (Å²) in [6.07, 6.45) is 0. The molecule has 0 aliphatic rings. The SMILES string of the molecule is Cc1cc(C(=O)Nc2ccccc2)nc(Nc2ccc(Cl)cc2Cl)n1. The maximum atomic E-state index is 12.4. The Bertz CT molecular complexity index is 916. The van der Waals surface area contributed by atoms with Gasteiger partial charge in [0.15, 0.2) is 0 Å². The number of para-hydroxylation sites is 1. The van der Waals surface area contributed by atoms with Gasteiger partial charge >= 0.3 is 0 Å². The zero-order valence-electron chi connectivity index (χ0n) is 13.3. The van der Waals surface area contributed by atoms with Crippen LogP contribution in [0.5, 0.6) is 0 Å². The van der Waals surface area contributed by atoms with Crippen LogP contribution in [-0.4, -0.2) is 15.9 Å². The summed E-state index contributed by atoms with van der Waals surface area (Å²) in [5, 5.41) is 6.77. The molecule has 2 aromatic carbocycles. The lowest BCUT2D eigenvalue weighted by atomic mass is 10.3. The summed E-state index contributed by atoms with van der Waals surface area (Å²) >= 11 is 12.0. The van der Waals surface area contributed by atoms with Crippen molar-refractivity contribution in [3.8, 4) is 0 Å². The van der Waals surface area contributed by atoms with Crippen molar-refractivity contribution in [2.75, 3.05) is 10.6 Å². The average molecular weight is 373 g/mol. The van der Waals surface area contributed by atoms with Gasteiger partial charge in [-0.05, 0) is 43.3 Å². The van der Waals surface area contributed by atoms with E-state index >= 15 is 0 Å². The Morgan fingerprint density at radius 3 is 2.48 bits per heavy atom. The van der Waals surface area contributed by atoms with Gasteiger partial charge in [0.2, 0.25) is 5.95 Å². The second kappa shape index (κ2) is 7.51. The third kappa shape index (κ3) is 4.47. The summed E-state index contributed by atoms with van der Waals surface area (Å²) in [4.78, 5) is 21.0. The topological polar surface area (TPSA) is 66.9 Å². The molecule has 0 bridgehead atoms. The molecule has 0 fully saturated rings. The Hall–Kier alpha value is -2.63. The standard InChI is InChI=1S/C18H14Cl2N4O/c1-11-9-16(17(25)22-13-5-3-2-4-6-13)24-18(21-11)23-15-8-7-12(19)10-14(15)20/h2-10H,1H3,(H,22,25)(H,21,23,24). The number of nitrogens with one attached hydrogen (secondary N) is 2. The zero-order valence-corrected chi connectivity index (χ0v) is 14.8. The van der Waals surface area contributed by atoms with Crippen molar-refractivity contribution < 1.29 is 4.79 Å². The van der Waals surface area contributed by atoms with Crippen LogP contribution in [-0.2, 0) is 0 Å². The fourth-order valence-electron chi connectivity index (χ4n) is 2.17.